The van der Waals surface area contributed by atoms with Crippen molar-refractivity contribution in [2.24, 2.45) is 0 Å². The summed E-state index contributed by atoms with van der Waals surface area (Å²) in [6.07, 6.45) is -0.377. The van der Waals surface area contributed by atoms with Crippen LogP contribution in [0.3, 0.4) is 0 Å². The maximum Gasteiger partial charge on any atom is 0.162 e. The Labute approximate surface area is 96.1 Å². The van der Waals surface area contributed by atoms with Gasteiger partial charge in [-0.05, 0) is 20.0 Å². The summed E-state index contributed by atoms with van der Waals surface area (Å²) in [4.78, 5) is 1.94. The van der Waals surface area contributed by atoms with Crippen molar-refractivity contribution in [2.75, 3.05) is 20.7 Å². The lowest BCUT2D eigenvalue weighted by molar-refractivity contribution is 0.138. The molecule has 4 heteroatoms. The van der Waals surface area contributed by atoms with Crippen LogP contribution in [0.15, 0.2) is 18.2 Å². The molecule has 0 saturated carbocycles. The topological polar surface area (TPSA) is 52.9 Å². The van der Waals surface area contributed by atoms with Crippen LogP contribution < -0.4 is 4.74 Å². The van der Waals surface area contributed by atoms with Crippen LogP contribution in [0.25, 0.3) is 0 Å². The van der Waals surface area contributed by atoms with Gasteiger partial charge in [0.1, 0.15) is 0 Å². The summed E-state index contributed by atoms with van der Waals surface area (Å²) in [7, 11) is 3.42. The number of likely N-dealkylation sites (N-methyl/N-ethyl adjacent to an activating group) is 1. The summed E-state index contributed by atoms with van der Waals surface area (Å²) in [6.45, 7) is 2.88. The number of phenolic OH excluding ortho intramolecular Hbond substituents is 1. The van der Waals surface area contributed by atoms with Crippen molar-refractivity contribution in [3.8, 4) is 11.5 Å². The Hall–Kier alpha value is -1.26. The third-order valence-corrected chi connectivity index (χ3v) is 2.32. The highest BCUT2D eigenvalue weighted by atomic mass is 16.5. The second-order valence-electron chi connectivity index (χ2n) is 4.01. The van der Waals surface area contributed by atoms with Crippen molar-refractivity contribution in [3.63, 3.8) is 0 Å². The summed E-state index contributed by atoms with van der Waals surface area (Å²) in [5, 5.41) is 19.1. The van der Waals surface area contributed by atoms with Crippen molar-refractivity contribution in [1.82, 2.24) is 4.90 Å². The number of benzene rings is 1. The minimum Gasteiger partial charge on any atom is -0.504 e. The van der Waals surface area contributed by atoms with Crippen LogP contribution in [-0.4, -0.2) is 41.9 Å². The molecule has 0 aliphatic heterocycles. The van der Waals surface area contributed by atoms with E-state index >= 15 is 0 Å². The summed E-state index contributed by atoms with van der Waals surface area (Å²) in [6, 6.07) is 5.40. The molecule has 16 heavy (non-hydrogen) atoms. The normalized spacial score (nSPS) is 12.8. The van der Waals surface area contributed by atoms with Crippen LogP contribution in [-0.2, 0) is 6.54 Å². The number of methoxy groups -OCH3 is 1. The first-order valence-electron chi connectivity index (χ1n) is 5.26. The molecule has 0 radical (unpaired) electrons. The third kappa shape index (κ3) is 3.40. The lowest BCUT2D eigenvalue weighted by Crippen LogP contribution is -2.26. The second-order valence-corrected chi connectivity index (χ2v) is 4.01. The van der Waals surface area contributed by atoms with Gasteiger partial charge in [-0.2, -0.15) is 0 Å². The van der Waals surface area contributed by atoms with Crippen molar-refractivity contribution in [2.45, 2.75) is 19.6 Å². The molecule has 0 bridgehead atoms. The van der Waals surface area contributed by atoms with E-state index in [9.17, 15) is 10.2 Å². The van der Waals surface area contributed by atoms with E-state index in [0.29, 0.717) is 18.8 Å². The van der Waals surface area contributed by atoms with Crippen LogP contribution in [0.4, 0.5) is 0 Å². The van der Waals surface area contributed by atoms with E-state index in [1.54, 1.807) is 13.0 Å². The lowest BCUT2D eigenvalue weighted by Gasteiger charge is -2.19. The molecule has 0 aromatic heterocycles. The monoisotopic (exact) mass is 225 g/mol. The molecule has 0 spiro atoms. The van der Waals surface area contributed by atoms with Gasteiger partial charge in [0, 0.05) is 18.7 Å². The highest BCUT2D eigenvalue weighted by Crippen LogP contribution is 2.29. The fraction of sp³-hybridized carbons (Fsp3) is 0.500. The number of para-hydroxylation sites is 1. The molecule has 2 N–H and O–H groups in total. The molecule has 1 aromatic carbocycles. The van der Waals surface area contributed by atoms with E-state index in [-0.39, 0.29) is 11.9 Å². The summed E-state index contributed by atoms with van der Waals surface area (Å²) in [5.41, 5.74) is 0.794. The van der Waals surface area contributed by atoms with Crippen molar-refractivity contribution >= 4 is 0 Å². The number of aromatic hydroxyl groups is 1. The van der Waals surface area contributed by atoms with E-state index in [2.05, 4.69) is 0 Å². The molecule has 90 valence electrons. The predicted octanol–water partition coefficient (Wildman–Crippen LogP) is 1.21. The molecule has 0 amide bonds. The minimum absolute atomic E-state index is 0.169. The highest BCUT2D eigenvalue weighted by Gasteiger charge is 2.10. The molecule has 4 nitrogen and oxygen atoms in total. The molecule has 1 aromatic rings. The van der Waals surface area contributed by atoms with Gasteiger partial charge in [0.15, 0.2) is 11.5 Å². The average molecular weight is 225 g/mol. The number of rotatable bonds is 5. The molecule has 0 heterocycles. The molecule has 0 fully saturated rings. The Kier molecular flexibility index (Phi) is 4.58. The molecule has 0 saturated heterocycles. The van der Waals surface area contributed by atoms with Gasteiger partial charge in [0.05, 0.1) is 13.2 Å². The first kappa shape index (κ1) is 12.8. The number of hydrogen-bond donors (Lipinski definition) is 2. The molecular weight excluding hydrogens is 206 g/mol. The van der Waals surface area contributed by atoms with Gasteiger partial charge in [0.25, 0.3) is 0 Å². The number of nitrogens with zero attached hydrogens (tertiary/aromatic N) is 1. The Bertz CT molecular complexity index is 339. The van der Waals surface area contributed by atoms with Gasteiger partial charge in [-0.1, -0.05) is 12.1 Å². The Balaban J connectivity index is 2.73. The fourth-order valence-corrected chi connectivity index (χ4v) is 1.67. The van der Waals surface area contributed by atoms with Crippen molar-refractivity contribution < 1.29 is 14.9 Å². The van der Waals surface area contributed by atoms with Gasteiger partial charge >= 0.3 is 0 Å². The van der Waals surface area contributed by atoms with Crippen LogP contribution in [0, 0.1) is 0 Å². The molecule has 0 unspecified atom stereocenters. The Morgan fingerprint density at radius 3 is 2.69 bits per heavy atom. The number of aliphatic hydroxyl groups is 1. The maximum atomic E-state index is 9.86. The van der Waals surface area contributed by atoms with Gasteiger partial charge in [-0.25, -0.2) is 0 Å². The number of phenols is 1. The number of ether oxygens (including phenoxy) is 1. The second kappa shape index (κ2) is 5.72. The zero-order valence-electron chi connectivity index (χ0n) is 9.97. The summed E-state index contributed by atoms with van der Waals surface area (Å²) < 4.78 is 5.03. The lowest BCUT2D eigenvalue weighted by atomic mass is 10.1. The standard InChI is InChI=1S/C12H19NO3/c1-9(14)7-13(2)8-10-5-4-6-11(16-3)12(10)15/h4-6,9,14-15H,7-8H2,1-3H3/t9-/m0/s1. The molecule has 0 aliphatic rings. The number of aliphatic hydroxyl groups excluding tert-OH is 1. The first-order valence-corrected chi connectivity index (χ1v) is 5.26. The molecule has 1 atom stereocenters. The van der Waals surface area contributed by atoms with Crippen LogP contribution in [0.5, 0.6) is 11.5 Å². The smallest absolute Gasteiger partial charge is 0.162 e. The molecular formula is C12H19NO3. The summed E-state index contributed by atoms with van der Waals surface area (Å²) >= 11 is 0. The van der Waals surface area contributed by atoms with Crippen LogP contribution in [0.2, 0.25) is 0 Å². The van der Waals surface area contributed by atoms with Crippen molar-refractivity contribution in [3.05, 3.63) is 23.8 Å². The SMILES string of the molecule is COc1cccc(CN(C)C[C@H](C)O)c1O. The van der Waals surface area contributed by atoms with Gasteiger partial charge in [-0.15, -0.1) is 0 Å². The minimum atomic E-state index is -0.377. The van der Waals surface area contributed by atoms with E-state index in [1.165, 1.54) is 7.11 Å². The molecule has 0 aliphatic carbocycles. The third-order valence-electron chi connectivity index (χ3n) is 2.32. The molecule has 1 rings (SSSR count). The van der Waals surface area contributed by atoms with Crippen molar-refractivity contribution in [1.29, 1.82) is 0 Å². The van der Waals surface area contributed by atoms with Gasteiger partial charge in [0.2, 0.25) is 0 Å². The van der Waals surface area contributed by atoms with Crippen LogP contribution >= 0.6 is 0 Å². The average Bonchev–Trinajstić information content (AvgIpc) is 2.20. The van der Waals surface area contributed by atoms with Gasteiger partial charge in [-0.3, -0.25) is 4.90 Å². The first-order chi connectivity index (χ1) is 7.54. The quantitative estimate of drug-likeness (QED) is 0.791. The van der Waals surface area contributed by atoms with Crippen LogP contribution in [0.1, 0.15) is 12.5 Å². The maximum absolute atomic E-state index is 9.86. The zero-order valence-corrected chi connectivity index (χ0v) is 9.97. The highest BCUT2D eigenvalue weighted by molar-refractivity contribution is 5.45. The number of hydrogen-bond acceptors (Lipinski definition) is 4. The van der Waals surface area contributed by atoms with E-state index in [0.717, 1.165) is 5.56 Å². The fourth-order valence-electron chi connectivity index (χ4n) is 1.67. The van der Waals surface area contributed by atoms with E-state index in [1.807, 2.05) is 24.1 Å². The largest absolute Gasteiger partial charge is 0.504 e. The summed E-state index contributed by atoms with van der Waals surface area (Å²) in [5.74, 6) is 0.644. The predicted molar refractivity (Wildman–Crippen MR) is 62.7 cm³/mol. The Morgan fingerprint density at radius 1 is 1.44 bits per heavy atom. The van der Waals surface area contributed by atoms with E-state index in [4.69, 9.17) is 4.74 Å². The van der Waals surface area contributed by atoms with E-state index < -0.39 is 0 Å². The Morgan fingerprint density at radius 2 is 2.12 bits per heavy atom. The zero-order chi connectivity index (χ0) is 12.1. The van der Waals surface area contributed by atoms with Gasteiger partial charge < -0.3 is 14.9 Å².